The monoisotopic (exact) mass is 506 g/mol. The molecule has 1 saturated heterocycles. The molecule has 3 aliphatic heterocycles. The third-order valence-electron chi connectivity index (χ3n) is 8.17. The van der Waals surface area contributed by atoms with Crippen molar-refractivity contribution in [2.45, 2.75) is 31.7 Å². The van der Waals surface area contributed by atoms with Crippen LogP contribution in [-0.4, -0.2) is 93.1 Å². The molecule has 0 radical (unpaired) electrons. The second-order valence-corrected chi connectivity index (χ2v) is 10.1. The van der Waals surface area contributed by atoms with Crippen molar-refractivity contribution < 1.29 is 19.1 Å². The zero-order valence-electron chi connectivity index (χ0n) is 22.2. The van der Waals surface area contributed by atoms with Gasteiger partial charge in [0, 0.05) is 44.8 Å². The van der Waals surface area contributed by atoms with Crippen LogP contribution < -0.4 is 14.8 Å². The van der Waals surface area contributed by atoms with Crippen molar-refractivity contribution in [3.8, 4) is 11.5 Å². The Morgan fingerprint density at radius 2 is 1.68 bits per heavy atom. The van der Waals surface area contributed by atoms with Gasteiger partial charge in [0.2, 0.25) is 5.91 Å². The minimum absolute atomic E-state index is 0.0523. The molecule has 8 nitrogen and oxygen atoms in total. The number of likely N-dealkylation sites (N-methyl/N-ethyl adjacent to an activating group) is 1. The first-order valence-corrected chi connectivity index (χ1v) is 13.4. The summed E-state index contributed by atoms with van der Waals surface area (Å²) in [4.78, 5) is 34.4. The van der Waals surface area contributed by atoms with Crippen molar-refractivity contribution in [1.29, 1.82) is 0 Å². The normalized spacial score (nSPS) is 21.6. The molecule has 1 fully saturated rings. The summed E-state index contributed by atoms with van der Waals surface area (Å²) in [6.45, 7) is 9.85. The van der Waals surface area contributed by atoms with Gasteiger partial charge in [-0.2, -0.15) is 0 Å². The molecular weight excluding hydrogens is 468 g/mol. The first kappa shape index (κ1) is 25.5. The number of piperazine rings is 1. The third-order valence-corrected chi connectivity index (χ3v) is 8.17. The number of benzene rings is 2. The van der Waals surface area contributed by atoms with Crippen LogP contribution >= 0.6 is 0 Å². The first-order valence-electron chi connectivity index (χ1n) is 13.4. The van der Waals surface area contributed by atoms with Crippen molar-refractivity contribution in [3.05, 3.63) is 58.7 Å². The van der Waals surface area contributed by atoms with Gasteiger partial charge in [-0.05, 0) is 54.8 Å². The number of ether oxygens (including phenoxy) is 2. The highest BCUT2D eigenvalue weighted by atomic mass is 16.5. The Hall–Kier alpha value is -3.10. The number of fused-ring (bicyclic) bond motifs is 4. The molecule has 1 N–H and O–H groups in total. The highest BCUT2D eigenvalue weighted by Gasteiger charge is 2.46. The molecule has 0 aromatic heterocycles. The quantitative estimate of drug-likeness (QED) is 0.555. The minimum atomic E-state index is -0.526. The Kier molecular flexibility index (Phi) is 7.67. The van der Waals surface area contributed by atoms with Gasteiger partial charge < -0.3 is 29.5 Å². The Morgan fingerprint density at radius 3 is 2.41 bits per heavy atom. The minimum Gasteiger partial charge on any atom is -0.493 e. The SMILES string of the molecule is CCN1CCN(CCCNC(=O)[C@H]2c3cc(OC)c(OC)cc3C(=O)N3CCc4ccccc4[C@@H]23)CC1. The molecule has 0 bridgehead atoms. The van der Waals surface area contributed by atoms with E-state index in [-0.39, 0.29) is 17.9 Å². The number of amides is 2. The number of hydrogen-bond acceptors (Lipinski definition) is 6. The Labute approximate surface area is 219 Å². The van der Waals surface area contributed by atoms with Crippen LogP contribution in [0.2, 0.25) is 0 Å². The van der Waals surface area contributed by atoms with E-state index >= 15 is 0 Å². The molecular formula is C29H38N4O4. The van der Waals surface area contributed by atoms with Crippen LogP contribution in [-0.2, 0) is 11.2 Å². The number of rotatable bonds is 8. The lowest BCUT2D eigenvalue weighted by Crippen LogP contribution is -2.50. The van der Waals surface area contributed by atoms with Crippen LogP contribution in [0.5, 0.6) is 11.5 Å². The van der Waals surface area contributed by atoms with E-state index in [1.54, 1.807) is 20.3 Å². The van der Waals surface area contributed by atoms with Gasteiger partial charge in [-0.3, -0.25) is 9.59 Å². The molecule has 2 aromatic carbocycles. The van der Waals surface area contributed by atoms with Crippen molar-refractivity contribution in [2.24, 2.45) is 0 Å². The number of carbonyl (C=O) groups excluding carboxylic acids is 2. The van der Waals surface area contributed by atoms with E-state index in [0.717, 1.165) is 57.7 Å². The van der Waals surface area contributed by atoms with Gasteiger partial charge in [-0.25, -0.2) is 0 Å². The van der Waals surface area contributed by atoms with Gasteiger partial charge >= 0.3 is 0 Å². The molecule has 198 valence electrons. The zero-order valence-corrected chi connectivity index (χ0v) is 22.2. The maximum absolute atomic E-state index is 13.9. The molecule has 37 heavy (non-hydrogen) atoms. The largest absolute Gasteiger partial charge is 0.493 e. The Bertz CT molecular complexity index is 1140. The maximum atomic E-state index is 13.9. The lowest BCUT2D eigenvalue weighted by atomic mass is 9.75. The molecule has 8 heteroatoms. The molecule has 0 aliphatic carbocycles. The third kappa shape index (κ3) is 4.92. The maximum Gasteiger partial charge on any atom is 0.254 e. The van der Waals surface area contributed by atoms with Gasteiger partial charge in [0.1, 0.15) is 0 Å². The second-order valence-electron chi connectivity index (χ2n) is 10.1. The summed E-state index contributed by atoms with van der Waals surface area (Å²) in [5.74, 6) is 0.375. The number of nitrogens with zero attached hydrogens (tertiary/aromatic N) is 3. The fourth-order valence-corrected chi connectivity index (χ4v) is 6.09. The van der Waals surface area contributed by atoms with Crippen LogP contribution in [0.4, 0.5) is 0 Å². The van der Waals surface area contributed by atoms with Gasteiger partial charge in [-0.1, -0.05) is 31.2 Å². The molecule has 0 unspecified atom stereocenters. The average molecular weight is 507 g/mol. The van der Waals surface area contributed by atoms with Crippen LogP contribution in [0.25, 0.3) is 0 Å². The predicted molar refractivity (Wildman–Crippen MR) is 142 cm³/mol. The fourth-order valence-electron chi connectivity index (χ4n) is 6.09. The summed E-state index contributed by atoms with van der Waals surface area (Å²) in [5, 5.41) is 3.21. The lowest BCUT2D eigenvalue weighted by molar-refractivity contribution is -0.124. The van der Waals surface area contributed by atoms with Crippen LogP contribution in [0.3, 0.4) is 0 Å². The van der Waals surface area contributed by atoms with Crippen molar-refractivity contribution >= 4 is 11.8 Å². The van der Waals surface area contributed by atoms with Crippen molar-refractivity contribution in [1.82, 2.24) is 20.0 Å². The molecule has 2 atom stereocenters. The second kappa shape index (κ2) is 11.1. The summed E-state index contributed by atoms with van der Waals surface area (Å²) in [7, 11) is 3.14. The molecule has 2 amide bonds. The summed E-state index contributed by atoms with van der Waals surface area (Å²) in [5.41, 5.74) is 3.47. The van der Waals surface area contributed by atoms with Crippen molar-refractivity contribution in [2.75, 3.05) is 66.6 Å². The number of nitrogens with one attached hydrogen (secondary N) is 1. The summed E-state index contributed by atoms with van der Waals surface area (Å²) < 4.78 is 11.0. The van der Waals surface area contributed by atoms with Crippen LogP contribution in [0.15, 0.2) is 36.4 Å². The fraction of sp³-hybridized carbons (Fsp3) is 0.517. The summed E-state index contributed by atoms with van der Waals surface area (Å²) in [6.07, 6.45) is 1.67. The highest BCUT2D eigenvalue weighted by Crippen LogP contribution is 2.48. The predicted octanol–water partition coefficient (Wildman–Crippen LogP) is 2.68. The van der Waals surface area contributed by atoms with Crippen LogP contribution in [0, 0.1) is 0 Å². The molecule has 5 rings (SSSR count). The van der Waals surface area contributed by atoms with E-state index in [0.29, 0.717) is 35.7 Å². The van der Waals surface area contributed by atoms with Gasteiger partial charge in [0.25, 0.3) is 5.91 Å². The van der Waals surface area contributed by atoms with E-state index in [9.17, 15) is 9.59 Å². The van der Waals surface area contributed by atoms with E-state index in [2.05, 4.69) is 34.2 Å². The van der Waals surface area contributed by atoms with Crippen molar-refractivity contribution in [3.63, 3.8) is 0 Å². The van der Waals surface area contributed by atoms with Gasteiger partial charge in [0.15, 0.2) is 11.5 Å². The molecule has 2 aromatic rings. The molecule has 3 aliphatic rings. The smallest absolute Gasteiger partial charge is 0.254 e. The average Bonchev–Trinajstić information content (AvgIpc) is 2.95. The van der Waals surface area contributed by atoms with E-state index in [4.69, 9.17) is 9.47 Å². The molecule has 3 heterocycles. The topological polar surface area (TPSA) is 74.4 Å². The Morgan fingerprint density at radius 1 is 0.973 bits per heavy atom. The Balaban J connectivity index is 1.39. The van der Waals surface area contributed by atoms with E-state index < -0.39 is 5.92 Å². The van der Waals surface area contributed by atoms with Crippen LogP contribution in [0.1, 0.15) is 52.4 Å². The first-order chi connectivity index (χ1) is 18.0. The zero-order chi connectivity index (χ0) is 25.9. The van der Waals surface area contributed by atoms with Gasteiger partial charge in [0.05, 0.1) is 26.2 Å². The highest BCUT2D eigenvalue weighted by molar-refractivity contribution is 6.02. The number of carbonyl (C=O) groups is 2. The summed E-state index contributed by atoms with van der Waals surface area (Å²) in [6, 6.07) is 11.4. The number of hydrogen-bond donors (Lipinski definition) is 1. The molecule has 0 spiro atoms. The number of methoxy groups -OCH3 is 2. The summed E-state index contributed by atoms with van der Waals surface area (Å²) >= 11 is 0. The lowest BCUT2D eigenvalue weighted by Gasteiger charge is -2.45. The molecule has 0 saturated carbocycles. The van der Waals surface area contributed by atoms with Gasteiger partial charge in [-0.15, -0.1) is 0 Å². The van der Waals surface area contributed by atoms with E-state index in [1.165, 1.54) is 5.56 Å². The standard InChI is InChI=1S/C29H38N4O4/c1-4-31-14-16-32(17-15-31)12-7-11-30-28(34)26-22-18-24(36-2)25(37-3)19-23(22)29(35)33-13-10-20-8-5-6-9-21(20)27(26)33/h5-6,8-9,18-19,26-27H,4,7,10-17H2,1-3H3,(H,30,34)/t26-,27-/m0/s1. The van der Waals surface area contributed by atoms with E-state index in [1.807, 2.05) is 23.1 Å².